The lowest BCUT2D eigenvalue weighted by molar-refractivity contribution is 0.266. The Bertz CT molecular complexity index is 638. The second kappa shape index (κ2) is 5.62. The minimum Gasteiger partial charge on any atom is -0.354 e. The van der Waals surface area contributed by atoms with Crippen LogP contribution in [0.2, 0.25) is 0 Å². The lowest BCUT2D eigenvalue weighted by Crippen LogP contribution is -2.34. The van der Waals surface area contributed by atoms with E-state index in [0.29, 0.717) is 18.5 Å². The molecule has 0 spiro atoms. The highest BCUT2D eigenvalue weighted by Crippen LogP contribution is 2.29. The number of benzene rings is 1. The average Bonchev–Trinajstić information content (AvgIpc) is 2.88. The van der Waals surface area contributed by atoms with Gasteiger partial charge in [-0.25, -0.2) is 4.98 Å². The number of pyridine rings is 1. The first-order valence-electron chi connectivity index (χ1n) is 7.60. The SMILES string of the molecule is CC1CN(c2nc3ccccc3cc2CN)CC1N(C)C. The van der Waals surface area contributed by atoms with Crippen LogP contribution in [0.4, 0.5) is 5.82 Å². The van der Waals surface area contributed by atoms with Crippen LogP contribution in [0, 0.1) is 5.92 Å². The molecule has 0 amide bonds. The molecule has 112 valence electrons. The zero-order valence-electron chi connectivity index (χ0n) is 13.1. The van der Waals surface area contributed by atoms with Crippen LogP contribution in [-0.2, 0) is 6.54 Å². The highest BCUT2D eigenvalue weighted by atomic mass is 15.3. The molecule has 0 bridgehead atoms. The first-order valence-corrected chi connectivity index (χ1v) is 7.60. The summed E-state index contributed by atoms with van der Waals surface area (Å²) in [5.74, 6) is 1.70. The van der Waals surface area contributed by atoms with Crippen LogP contribution < -0.4 is 10.6 Å². The van der Waals surface area contributed by atoms with Crippen molar-refractivity contribution in [2.24, 2.45) is 11.7 Å². The molecule has 2 atom stereocenters. The number of aromatic nitrogens is 1. The van der Waals surface area contributed by atoms with E-state index in [1.165, 1.54) is 0 Å². The minimum atomic E-state index is 0.532. The van der Waals surface area contributed by atoms with Gasteiger partial charge in [0.1, 0.15) is 5.82 Å². The fraction of sp³-hybridized carbons (Fsp3) is 0.471. The average molecular weight is 284 g/mol. The number of para-hydroxylation sites is 1. The molecule has 1 fully saturated rings. The molecule has 21 heavy (non-hydrogen) atoms. The van der Waals surface area contributed by atoms with Gasteiger partial charge in [-0.1, -0.05) is 25.1 Å². The standard InChI is InChI=1S/C17H24N4/c1-12-10-21(11-16(12)20(2)3)17-14(9-18)8-13-6-4-5-7-15(13)19-17/h4-8,12,16H,9-11,18H2,1-3H3. The van der Waals surface area contributed by atoms with Gasteiger partial charge in [0.25, 0.3) is 0 Å². The third-order valence-corrected chi connectivity index (χ3v) is 4.54. The van der Waals surface area contributed by atoms with Crippen molar-refractivity contribution in [3.05, 3.63) is 35.9 Å². The van der Waals surface area contributed by atoms with Gasteiger partial charge < -0.3 is 15.5 Å². The third kappa shape index (κ3) is 2.61. The largest absolute Gasteiger partial charge is 0.354 e. The van der Waals surface area contributed by atoms with E-state index in [9.17, 15) is 0 Å². The molecular weight excluding hydrogens is 260 g/mol. The maximum Gasteiger partial charge on any atom is 0.133 e. The lowest BCUT2D eigenvalue weighted by Gasteiger charge is -2.23. The van der Waals surface area contributed by atoms with E-state index >= 15 is 0 Å². The van der Waals surface area contributed by atoms with Crippen molar-refractivity contribution in [1.29, 1.82) is 0 Å². The molecule has 2 unspecified atom stereocenters. The van der Waals surface area contributed by atoms with Crippen LogP contribution in [0.5, 0.6) is 0 Å². The summed E-state index contributed by atoms with van der Waals surface area (Å²) in [5, 5.41) is 1.16. The molecule has 1 saturated heterocycles. The van der Waals surface area contributed by atoms with Crippen LogP contribution >= 0.6 is 0 Å². The van der Waals surface area contributed by atoms with E-state index in [-0.39, 0.29) is 0 Å². The zero-order valence-corrected chi connectivity index (χ0v) is 13.1. The summed E-state index contributed by atoms with van der Waals surface area (Å²) in [6.45, 7) is 4.91. The summed E-state index contributed by atoms with van der Waals surface area (Å²) in [6, 6.07) is 11.0. The Morgan fingerprint density at radius 1 is 1.29 bits per heavy atom. The van der Waals surface area contributed by atoms with E-state index in [1.54, 1.807) is 0 Å². The molecule has 2 heterocycles. The van der Waals surface area contributed by atoms with E-state index in [4.69, 9.17) is 10.7 Å². The van der Waals surface area contributed by atoms with Gasteiger partial charge >= 0.3 is 0 Å². The molecule has 0 saturated carbocycles. The summed E-state index contributed by atoms with van der Waals surface area (Å²) in [4.78, 5) is 9.59. The Morgan fingerprint density at radius 2 is 2.05 bits per heavy atom. The highest BCUT2D eigenvalue weighted by Gasteiger charge is 2.32. The maximum absolute atomic E-state index is 5.96. The van der Waals surface area contributed by atoms with Crippen LogP contribution in [0.1, 0.15) is 12.5 Å². The molecule has 1 aromatic heterocycles. The van der Waals surface area contributed by atoms with Gasteiger partial charge in [-0.2, -0.15) is 0 Å². The van der Waals surface area contributed by atoms with E-state index in [2.05, 4.69) is 49.0 Å². The number of hydrogen-bond acceptors (Lipinski definition) is 4. The van der Waals surface area contributed by atoms with E-state index < -0.39 is 0 Å². The first-order chi connectivity index (χ1) is 10.1. The van der Waals surface area contributed by atoms with Gasteiger partial charge in [0.05, 0.1) is 5.52 Å². The van der Waals surface area contributed by atoms with Crippen molar-refractivity contribution >= 4 is 16.7 Å². The molecule has 2 N–H and O–H groups in total. The summed E-state index contributed by atoms with van der Waals surface area (Å²) >= 11 is 0. The first kappa shape index (κ1) is 14.3. The lowest BCUT2D eigenvalue weighted by atomic mass is 10.1. The van der Waals surface area contributed by atoms with Gasteiger partial charge in [-0.05, 0) is 32.1 Å². The summed E-state index contributed by atoms with van der Waals surface area (Å²) in [6.07, 6.45) is 0. The number of hydrogen-bond donors (Lipinski definition) is 1. The van der Waals surface area contributed by atoms with Crippen molar-refractivity contribution in [3.63, 3.8) is 0 Å². The summed E-state index contributed by atoms with van der Waals surface area (Å²) < 4.78 is 0. The molecule has 0 aliphatic carbocycles. The number of fused-ring (bicyclic) bond motifs is 1. The Morgan fingerprint density at radius 3 is 2.71 bits per heavy atom. The molecule has 4 nitrogen and oxygen atoms in total. The molecule has 4 heteroatoms. The van der Waals surface area contributed by atoms with Crippen molar-refractivity contribution in [1.82, 2.24) is 9.88 Å². The van der Waals surface area contributed by atoms with Gasteiger partial charge in [0.15, 0.2) is 0 Å². The second-order valence-corrected chi connectivity index (χ2v) is 6.28. The molecule has 3 rings (SSSR count). The number of nitrogens with two attached hydrogens (primary N) is 1. The Hall–Kier alpha value is -1.65. The maximum atomic E-state index is 5.96. The third-order valence-electron chi connectivity index (χ3n) is 4.54. The van der Waals surface area contributed by atoms with Gasteiger partial charge in [0.2, 0.25) is 0 Å². The number of anilines is 1. The number of nitrogens with zero attached hydrogens (tertiary/aromatic N) is 3. The molecule has 2 aromatic rings. The molecule has 1 aliphatic heterocycles. The van der Waals surface area contributed by atoms with Crippen LogP contribution in [0.25, 0.3) is 10.9 Å². The topological polar surface area (TPSA) is 45.4 Å². The van der Waals surface area contributed by atoms with Crippen LogP contribution in [0.15, 0.2) is 30.3 Å². The van der Waals surface area contributed by atoms with E-state index in [1.807, 2.05) is 12.1 Å². The van der Waals surface area contributed by atoms with E-state index in [0.717, 1.165) is 35.4 Å². The van der Waals surface area contributed by atoms with Gasteiger partial charge in [0, 0.05) is 36.6 Å². The number of likely N-dealkylation sites (N-methyl/N-ethyl adjacent to an activating group) is 1. The fourth-order valence-electron chi connectivity index (χ4n) is 3.37. The quantitative estimate of drug-likeness (QED) is 0.937. The monoisotopic (exact) mass is 284 g/mol. The van der Waals surface area contributed by atoms with Crippen molar-refractivity contribution in [2.75, 3.05) is 32.1 Å². The van der Waals surface area contributed by atoms with Gasteiger partial charge in [-0.15, -0.1) is 0 Å². The van der Waals surface area contributed by atoms with Crippen LogP contribution in [-0.4, -0.2) is 43.1 Å². The molecule has 1 aromatic carbocycles. The predicted octanol–water partition coefficient (Wildman–Crippen LogP) is 2.08. The smallest absolute Gasteiger partial charge is 0.133 e. The Labute approximate surface area is 126 Å². The Balaban J connectivity index is 2.00. The Kier molecular flexibility index (Phi) is 3.83. The zero-order chi connectivity index (χ0) is 15.0. The van der Waals surface area contributed by atoms with Crippen molar-refractivity contribution < 1.29 is 0 Å². The van der Waals surface area contributed by atoms with Crippen LogP contribution in [0.3, 0.4) is 0 Å². The molecular formula is C17H24N4. The summed E-state index contributed by atoms with van der Waals surface area (Å²) in [5.41, 5.74) is 8.15. The predicted molar refractivity (Wildman–Crippen MR) is 88.5 cm³/mol. The molecule has 1 aliphatic rings. The van der Waals surface area contributed by atoms with Crippen molar-refractivity contribution in [2.45, 2.75) is 19.5 Å². The number of rotatable bonds is 3. The minimum absolute atomic E-state index is 0.532. The van der Waals surface area contributed by atoms with Gasteiger partial charge in [-0.3, -0.25) is 0 Å². The second-order valence-electron chi connectivity index (χ2n) is 6.28. The van der Waals surface area contributed by atoms with Crippen molar-refractivity contribution in [3.8, 4) is 0 Å². The fourth-order valence-corrected chi connectivity index (χ4v) is 3.37. The molecule has 0 radical (unpaired) electrons. The highest BCUT2D eigenvalue weighted by molar-refractivity contribution is 5.81. The summed E-state index contributed by atoms with van der Waals surface area (Å²) in [7, 11) is 4.31. The normalized spacial score (nSPS) is 22.4.